The summed E-state index contributed by atoms with van der Waals surface area (Å²) in [5.74, 6) is 0.506. The van der Waals surface area contributed by atoms with E-state index in [-0.39, 0.29) is 6.54 Å². The van der Waals surface area contributed by atoms with Crippen LogP contribution in [0.4, 0.5) is 14.6 Å². The fraction of sp³-hybridized carbons (Fsp3) is 0.333. The Morgan fingerprint density at radius 2 is 2.00 bits per heavy atom. The fourth-order valence-electron chi connectivity index (χ4n) is 1.85. The Hall–Kier alpha value is -1.82. The van der Waals surface area contributed by atoms with E-state index in [2.05, 4.69) is 9.97 Å². The molecule has 6 heteroatoms. The van der Waals surface area contributed by atoms with Crippen molar-refractivity contribution >= 4 is 16.7 Å². The van der Waals surface area contributed by atoms with E-state index in [1.165, 1.54) is 11.2 Å². The Balaban J connectivity index is 2.43. The smallest absolute Gasteiger partial charge is 0.255 e. The molecule has 0 bridgehead atoms. The molecule has 0 fully saturated rings. The quantitative estimate of drug-likeness (QED) is 0.879. The van der Waals surface area contributed by atoms with Gasteiger partial charge in [0.2, 0.25) is 0 Å². The average molecular weight is 252 g/mol. The molecule has 2 N–H and O–H groups in total. The van der Waals surface area contributed by atoms with Gasteiger partial charge in [0.15, 0.2) is 0 Å². The second-order valence-corrected chi connectivity index (χ2v) is 3.84. The van der Waals surface area contributed by atoms with Gasteiger partial charge in [0.25, 0.3) is 6.43 Å². The number of rotatable bonds is 5. The van der Waals surface area contributed by atoms with E-state index < -0.39 is 6.43 Å². The molecule has 0 saturated heterocycles. The zero-order valence-corrected chi connectivity index (χ0v) is 9.76. The number of nitrogens with zero attached hydrogens (tertiary/aromatic N) is 3. The number of alkyl halides is 2. The fourth-order valence-corrected chi connectivity index (χ4v) is 1.85. The highest BCUT2D eigenvalue weighted by molar-refractivity contribution is 5.89. The van der Waals surface area contributed by atoms with Gasteiger partial charge in [-0.1, -0.05) is 12.1 Å². The lowest BCUT2D eigenvalue weighted by molar-refractivity contribution is 0.155. The largest absolute Gasteiger partial charge is 0.349 e. The second-order valence-electron chi connectivity index (χ2n) is 3.84. The molecule has 0 unspecified atom stereocenters. The zero-order chi connectivity index (χ0) is 13.0. The summed E-state index contributed by atoms with van der Waals surface area (Å²) in [6.07, 6.45) is -1.04. The van der Waals surface area contributed by atoms with Crippen molar-refractivity contribution in [2.24, 2.45) is 5.73 Å². The van der Waals surface area contributed by atoms with Crippen LogP contribution in [0.25, 0.3) is 10.9 Å². The standard InChI is InChI=1S/C12H14F2N4/c13-11(14)7-18(6-5-15)12-9-3-1-2-4-10(9)16-8-17-12/h1-4,8,11H,5-7,15H2. The van der Waals surface area contributed by atoms with Crippen LogP contribution in [-0.4, -0.2) is 36.0 Å². The first-order valence-electron chi connectivity index (χ1n) is 5.65. The van der Waals surface area contributed by atoms with E-state index in [0.717, 1.165) is 10.9 Å². The summed E-state index contributed by atoms with van der Waals surface area (Å²) < 4.78 is 25.1. The Labute approximate surface area is 103 Å². The number of halogens is 2. The Kier molecular flexibility index (Phi) is 3.99. The molecule has 1 heterocycles. The molecule has 0 atom stereocenters. The molecule has 96 valence electrons. The third-order valence-corrected chi connectivity index (χ3v) is 2.58. The van der Waals surface area contributed by atoms with Gasteiger partial charge < -0.3 is 10.6 Å². The Bertz CT molecular complexity index is 513. The van der Waals surface area contributed by atoms with Gasteiger partial charge >= 0.3 is 0 Å². The lowest BCUT2D eigenvalue weighted by Gasteiger charge is -2.23. The maximum Gasteiger partial charge on any atom is 0.255 e. The van der Waals surface area contributed by atoms with Crippen molar-refractivity contribution in [2.45, 2.75) is 6.43 Å². The number of fused-ring (bicyclic) bond motifs is 1. The number of para-hydroxylation sites is 1. The second kappa shape index (κ2) is 5.68. The molecule has 2 rings (SSSR count). The van der Waals surface area contributed by atoms with Crippen LogP contribution in [0.5, 0.6) is 0 Å². The lowest BCUT2D eigenvalue weighted by atomic mass is 10.2. The minimum atomic E-state index is -2.43. The third-order valence-electron chi connectivity index (χ3n) is 2.58. The van der Waals surface area contributed by atoms with Crippen molar-refractivity contribution in [1.29, 1.82) is 0 Å². The Morgan fingerprint density at radius 1 is 1.22 bits per heavy atom. The summed E-state index contributed by atoms with van der Waals surface area (Å²) in [6.45, 7) is 0.259. The zero-order valence-electron chi connectivity index (χ0n) is 9.76. The highest BCUT2D eigenvalue weighted by Gasteiger charge is 2.15. The lowest BCUT2D eigenvalue weighted by Crippen LogP contribution is -2.34. The first-order chi connectivity index (χ1) is 8.72. The molecule has 0 saturated carbocycles. The normalized spacial score (nSPS) is 11.1. The van der Waals surface area contributed by atoms with Gasteiger partial charge in [0.1, 0.15) is 12.1 Å². The van der Waals surface area contributed by atoms with Crippen LogP contribution in [0.1, 0.15) is 0 Å². The maximum absolute atomic E-state index is 12.6. The predicted octanol–water partition coefficient (Wildman–Crippen LogP) is 1.66. The van der Waals surface area contributed by atoms with E-state index >= 15 is 0 Å². The molecule has 0 radical (unpaired) electrons. The van der Waals surface area contributed by atoms with Crippen LogP contribution in [0, 0.1) is 0 Å². The number of anilines is 1. The number of hydrogen-bond acceptors (Lipinski definition) is 4. The van der Waals surface area contributed by atoms with Crippen molar-refractivity contribution in [3.05, 3.63) is 30.6 Å². The predicted molar refractivity (Wildman–Crippen MR) is 66.8 cm³/mol. The summed E-state index contributed by atoms with van der Waals surface area (Å²) in [5.41, 5.74) is 6.19. The van der Waals surface area contributed by atoms with Crippen LogP contribution in [0.15, 0.2) is 30.6 Å². The molecular weight excluding hydrogens is 238 g/mol. The van der Waals surface area contributed by atoms with Gasteiger partial charge in [-0.25, -0.2) is 18.7 Å². The monoisotopic (exact) mass is 252 g/mol. The molecule has 0 amide bonds. The van der Waals surface area contributed by atoms with Gasteiger partial charge in [-0.2, -0.15) is 0 Å². The summed E-state index contributed by atoms with van der Waals surface area (Å²) in [7, 11) is 0. The minimum Gasteiger partial charge on any atom is -0.349 e. The summed E-state index contributed by atoms with van der Waals surface area (Å²) in [4.78, 5) is 9.71. The highest BCUT2D eigenvalue weighted by atomic mass is 19.3. The molecule has 1 aromatic heterocycles. The van der Waals surface area contributed by atoms with Crippen molar-refractivity contribution in [3.63, 3.8) is 0 Å². The van der Waals surface area contributed by atoms with Gasteiger partial charge in [-0.15, -0.1) is 0 Å². The van der Waals surface area contributed by atoms with E-state index in [1.807, 2.05) is 24.3 Å². The molecule has 2 aromatic rings. The van der Waals surface area contributed by atoms with Crippen LogP contribution < -0.4 is 10.6 Å². The average Bonchev–Trinajstić information content (AvgIpc) is 2.37. The van der Waals surface area contributed by atoms with Gasteiger partial charge in [-0.3, -0.25) is 0 Å². The third kappa shape index (κ3) is 2.70. The molecule has 0 aliphatic carbocycles. The molecule has 18 heavy (non-hydrogen) atoms. The van der Waals surface area contributed by atoms with Gasteiger partial charge in [-0.05, 0) is 12.1 Å². The molecule has 0 aliphatic heterocycles. The van der Waals surface area contributed by atoms with Crippen LogP contribution >= 0.6 is 0 Å². The van der Waals surface area contributed by atoms with Crippen molar-refractivity contribution in [2.75, 3.05) is 24.5 Å². The topological polar surface area (TPSA) is 55.0 Å². The van der Waals surface area contributed by atoms with Crippen LogP contribution in [-0.2, 0) is 0 Å². The van der Waals surface area contributed by atoms with Crippen molar-refractivity contribution in [3.8, 4) is 0 Å². The first kappa shape index (κ1) is 12.6. The molecular formula is C12H14F2N4. The molecule has 4 nitrogen and oxygen atoms in total. The van der Waals surface area contributed by atoms with E-state index in [9.17, 15) is 8.78 Å². The summed E-state index contributed by atoms with van der Waals surface area (Å²) >= 11 is 0. The number of benzene rings is 1. The maximum atomic E-state index is 12.6. The van der Waals surface area contributed by atoms with Crippen molar-refractivity contribution in [1.82, 2.24) is 9.97 Å². The number of aromatic nitrogens is 2. The van der Waals surface area contributed by atoms with Crippen molar-refractivity contribution < 1.29 is 8.78 Å². The SMILES string of the molecule is NCCN(CC(F)F)c1ncnc2ccccc12. The van der Waals surface area contributed by atoms with Crippen LogP contribution in [0.2, 0.25) is 0 Å². The van der Waals surface area contributed by atoms with Crippen LogP contribution in [0.3, 0.4) is 0 Å². The Morgan fingerprint density at radius 3 is 2.72 bits per heavy atom. The van der Waals surface area contributed by atoms with E-state index in [0.29, 0.717) is 18.9 Å². The molecule has 0 aliphatic rings. The first-order valence-corrected chi connectivity index (χ1v) is 5.65. The minimum absolute atomic E-state index is 0.297. The van der Waals surface area contributed by atoms with E-state index in [4.69, 9.17) is 5.73 Å². The highest BCUT2D eigenvalue weighted by Crippen LogP contribution is 2.22. The van der Waals surface area contributed by atoms with Gasteiger partial charge in [0.05, 0.1) is 12.1 Å². The summed E-state index contributed by atoms with van der Waals surface area (Å²) in [6, 6.07) is 7.32. The molecule has 1 aromatic carbocycles. The summed E-state index contributed by atoms with van der Waals surface area (Å²) in [5, 5.41) is 0.758. The number of nitrogens with two attached hydrogens (primary N) is 1. The van der Waals surface area contributed by atoms with Gasteiger partial charge in [0, 0.05) is 18.5 Å². The number of hydrogen-bond donors (Lipinski definition) is 1. The van der Waals surface area contributed by atoms with E-state index in [1.54, 1.807) is 0 Å². The molecule has 0 spiro atoms.